The molecule has 0 unspecified atom stereocenters. The van der Waals surface area contributed by atoms with Crippen molar-refractivity contribution in [3.63, 3.8) is 0 Å². The summed E-state index contributed by atoms with van der Waals surface area (Å²) in [6.45, 7) is 1.36. The van der Waals surface area contributed by atoms with Crippen molar-refractivity contribution in [2.24, 2.45) is 5.92 Å². The van der Waals surface area contributed by atoms with Crippen molar-refractivity contribution in [3.05, 3.63) is 76.4 Å². The van der Waals surface area contributed by atoms with Crippen LogP contribution in [0.15, 0.2) is 64.1 Å². The maximum absolute atomic E-state index is 12.9. The number of carbonyl (C=O) groups excluding carboxylic acids is 1. The molecule has 0 radical (unpaired) electrons. The van der Waals surface area contributed by atoms with Crippen molar-refractivity contribution in [1.82, 2.24) is 9.88 Å². The van der Waals surface area contributed by atoms with E-state index in [0.717, 1.165) is 19.3 Å². The van der Waals surface area contributed by atoms with E-state index >= 15 is 0 Å². The number of carbonyl (C=O) groups is 1. The Bertz CT molecular complexity index is 981. The molecule has 0 N–H and O–H groups in total. The van der Waals surface area contributed by atoms with E-state index in [-0.39, 0.29) is 17.1 Å². The molecule has 5 nitrogen and oxygen atoms in total. The van der Waals surface area contributed by atoms with Crippen molar-refractivity contribution >= 4 is 16.9 Å². The lowest BCUT2D eigenvalue weighted by atomic mass is 9.92. The zero-order valence-corrected chi connectivity index (χ0v) is 14.4. The van der Waals surface area contributed by atoms with Gasteiger partial charge in [0.2, 0.25) is 0 Å². The number of amides is 1. The highest BCUT2D eigenvalue weighted by atomic mass is 16.3. The lowest BCUT2D eigenvalue weighted by Crippen LogP contribution is -2.40. The second kappa shape index (κ2) is 7.12. The Labute approximate surface area is 151 Å². The molecule has 3 aromatic rings. The highest BCUT2D eigenvalue weighted by Gasteiger charge is 2.26. The number of likely N-dealkylation sites (tertiary alicyclic amines) is 1. The summed E-state index contributed by atoms with van der Waals surface area (Å²) in [6, 6.07) is 12.3. The third-order valence-corrected chi connectivity index (χ3v) is 4.90. The zero-order chi connectivity index (χ0) is 17.9. The van der Waals surface area contributed by atoms with Crippen LogP contribution in [-0.2, 0) is 6.42 Å². The standard InChI is InChI=1S/C21H20N2O3/c24-18-12-20(26-19-8-2-1-7-17(18)19)21(25)23-10-4-6-16(14-23)11-15-5-3-9-22-13-15/h1-3,5,7-9,12-13,16H,4,6,10-11,14H2/t16-/m1/s1. The van der Waals surface area contributed by atoms with E-state index in [4.69, 9.17) is 4.42 Å². The van der Waals surface area contributed by atoms with E-state index in [0.29, 0.717) is 30.0 Å². The fraction of sp³-hybridized carbons (Fsp3) is 0.286. The summed E-state index contributed by atoms with van der Waals surface area (Å²) in [6.07, 6.45) is 6.58. The summed E-state index contributed by atoms with van der Waals surface area (Å²) in [5.74, 6) is 0.309. The molecule has 3 heterocycles. The summed E-state index contributed by atoms with van der Waals surface area (Å²) in [5.41, 5.74) is 1.45. The molecular weight excluding hydrogens is 328 g/mol. The maximum atomic E-state index is 12.9. The van der Waals surface area contributed by atoms with Crippen molar-refractivity contribution in [2.75, 3.05) is 13.1 Å². The van der Waals surface area contributed by atoms with E-state index in [1.807, 2.05) is 12.3 Å². The van der Waals surface area contributed by atoms with E-state index in [1.54, 1.807) is 35.4 Å². The number of pyridine rings is 1. The summed E-state index contributed by atoms with van der Waals surface area (Å²) in [7, 11) is 0. The highest BCUT2D eigenvalue weighted by Crippen LogP contribution is 2.22. The first-order valence-electron chi connectivity index (χ1n) is 8.92. The molecule has 1 fully saturated rings. The number of rotatable bonds is 3. The number of para-hydroxylation sites is 1. The molecule has 1 aliphatic heterocycles. The minimum absolute atomic E-state index is 0.121. The number of nitrogens with zero attached hydrogens (tertiary/aromatic N) is 2. The fourth-order valence-electron chi connectivity index (χ4n) is 3.63. The molecular formula is C21H20N2O3. The Morgan fingerprint density at radius 1 is 1.23 bits per heavy atom. The number of fused-ring (bicyclic) bond motifs is 1. The first-order valence-corrected chi connectivity index (χ1v) is 8.92. The summed E-state index contributed by atoms with van der Waals surface area (Å²) >= 11 is 0. The van der Waals surface area contributed by atoms with Crippen LogP contribution in [0.4, 0.5) is 0 Å². The molecule has 0 saturated carbocycles. The molecule has 2 aromatic heterocycles. The number of hydrogen-bond acceptors (Lipinski definition) is 4. The number of benzene rings is 1. The molecule has 132 valence electrons. The van der Waals surface area contributed by atoms with Gasteiger partial charge in [0.15, 0.2) is 11.2 Å². The smallest absolute Gasteiger partial charge is 0.289 e. The van der Waals surface area contributed by atoms with Gasteiger partial charge in [-0.2, -0.15) is 0 Å². The Hall–Kier alpha value is -2.95. The molecule has 5 heteroatoms. The monoisotopic (exact) mass is 348 g/mol. The molecule has 0 bridgehead atoms. The van der Waals surface area contributed by atoms with Crippen molar-refractivity contribution in [1.29, 1.82) is 0 Å². The topological polar surface area (TPSA) is 63.4 Å². The van der Waals surface area contributed by atoms with E-state index in [1.165, 1.54) is 11.6 Å². The second-order valence-electron chi connectivity index (χ2n) is 6.80. The second-order valence-corrected chi connectivity index (χ2v) is 6.80. The SMILES string of the molecule is O=C(c1cc(=O)c2ccccc2o1)N1CCC[C@H](Cc2cccnc2)C1. The predicted octanol–water partition coefficient (Wildman–Crippen LogP) is 3.28. The molecule has 1 aromatic carbocycles. The predicted molar refractivity (Wildman–Crippen MR) is 99.1 cm³/mol. The van der Waals surface area contributed by atoms with Gasteiger partial charge in [0, 0.05) is 31.5 Å². The molecule has 0 aliphatic carbocycles. The third kappa shape index (κ3) is 3.38. The van der Waals surface area contributed by atoms with E-state index in [9.17, 15) is 9.59 Å². The zero-order valence-electron chi connectivity index (χ0n) is 14.4. The van der Waals surface area contributed by atoms with Crippen molar-refractivity contribution < 1.29 is 9.21 Å². The molecule has 26 heavy (non-hydrogen) atoms. The Balaban J connectivity index is 1.53. The van der Waals surface area contributed by atoms with Gasteiger partial charge in [0.25, 0.3) is 5.91 Å². The van der Waals surface area contributed by atoms with Gasteiger partial charge in [-0.15, -0.1) is 0 Å². The molecule has 1 atom stereocenters. The summed E-state index contributed by atoms with van der Waals surface area (Å²) in [4.78, 5) is 31.1. The Morgan fingerprint density at radius 3 is 2.96 bits per heavy atom. The van der Waals surface area contributed by atoms with Crippen LogP contribution in [0.5, 0.6) is 0 Å². The van der Waals surface area contributed by atoms with Gasteiger partial charge < -0.3 is 9.32 Å². The minimum Gasteiger partial charge on any atom is -0.451 e. The molecule has 1 saturated heterocycles. The fourth-order valence-corrected chi connectivity index (χ4v) is 3.63. The van der Waals surface area contributed by atoms with Crippen LogP contribution < -0.4 is 5.43 Å². The van der Waals surface area contributed by atoms with Crippen molar-refractivity contribution in [3.8, 4) is 0 Å². The van der Waals surface area contributed by atoms with Crippen LogP contribution in [0, 0.1) is 5.92 Å². The van der Waals surface area contributed by atoms with Gasteiger partial charge in [0.1, 0.15) is 5.58 Å². The van der Waals surface area contributed by atoms with Crippen LogP contribution in [0.25, 0.3) is 11.0 Å². The van der Waals surface area contributed by atoms with Gasteiger partial charge in [-0.3, -0.25) is 14.6 Å². The van der Waals surface area contributed by atoms with Gasteiger partial charge in [0.05, 0.1) is 5.39 Å². The van der Waals surface area contributed by atoms with Gasteiger partial charge in [-0.25, -0.2) is 0 Å². The lowest BCUT2D eigenvalue weighted by molar-refractivity contribution is 0.0642. The van der Waals surface area contributed by atoms with Crippen LogP contribution in [0.1, 0.15) is 29.0 Å². The average molecular weight is 348 g/mol. The minimum atomic E-state index is -0.205. The number of piperidine rings is 1. The quantitative estimate of drug-likeness (QED) is 0.729. The van der Waals surface area contributed by atoms with Crippen LogP contribution >= 0.6 is 0 Å². The molecule has 4 rings (SSSR count). The van der Waals surface area contributed by atoms with Crippen LogP contribution in [-0.4, -0.2) is 28.9 Å². The first-order chi connectivity index (χ1) is 12.7. The largest absolute Gasteiger partial charge is 0.451 e. The molecule has 1 amide bonds. The van der Waals surface area contributed by atoms with E-state index in [2.05, 4.69) is 11.1 Å². The normalized spacial score (nSPS) is 17.4. The molecule has 1 aliphatic rings. The third-order valence-electron chi connectivity index (χ3n) is 4.90. The average Bonchev–Trinajstić information content (AvgIpc) is 2.68. The first kappa shape index (κ1) is 16.5. The maximum Gasteiger partial charge on any atom is 0.289 e. The lowest BCUT2D eigenvalue weighted by Gasteiger charge is -2.32. The summed E-state index contributed by atoms with van der Waals surface area (Å²) in [5, 5.41) is 0.497. The Kier molecular flexibility index (Phi) is 4.52. The van der Waals surface area contributed by atoms with Crippen LogP contribution in [0.3, 0.4) is 0 Å². The highest BCUT2D eigenvalue weighted by molar-refractivity contribution is 5.93. The van der Waals surface area contributed by atoms with Crippen LogP contribution in [0.2, 0.25) is 0 Å². The number of hydrogen-bond donors (Lipinski definition) is 0. The van der Waals surface area contributed by atoms with Gasteiger partial charge >= 0.3 is 0 Å². The van der Waals surface area contributed by atoms with Gasteiger partial charge in [-0.1, -0.05) is 18.2 Å². The Morgan fingerprint density at radius 2 is 2.12 bits per heavy atom. The molecule has 0 spiro atoms. The van der Waals surface area contributed by atoms with E-state index < -0.39 is 0 Å². The van der Waals surface area contributed by atoms with Gasteiger partial charge in [-0.05, 0) is 48.9 Å². The van der Waals surface area contributed by atoms with Crippen molar-refractivity contribution in [2.45, 2.75) is 19.3 Å². The summed E-state index contributed by atoms with van der Waals surface area (Å²) < 4.78 is 5.71. The number of aromatic nitrogens is 1.